The van der Waals surface area contributed by atoms with Gasteiger partial charge in [-0.25, -0.2) is 9.18 Å². The third-order valence-electron chi connectivity index (χ3n) is 6.54. The van der Waals surface area contributed by atoms with E-state index < -0.39 is 37.4 Å². The summed E-state index contributed by atoms with van der Waals surface area (Å²) in [4.78, 5) is 38.5. The van der Waals surface area contributed by atoms with Gasteiger partial charge in [0.05, 0.1) is 17.5 Å². The smallest absolute Gasteiger partial charge is 0.411 e. The van der Waals surface area contributed by atoms with Gasteiger partial charge in [-0.3, -0.25) is 19.5 Å². The average molecular weight is 686 g/mol. The van der Waals surface area contributed by atoms with Crippen LogP contribution in [0.4, 0.5) is 20.6 Å². The highest BCUT2D eigenvalue weighted by Crippen LogP contribution is 2.45. The fraction of sp³-hybridized carbons (Fsp3) is 0.200. The summed E-state index contributed by atoms with van der Waals surface area (Å²) in [5.41, 5.74) is 1.72. The molecule has 14 nitrogen and oxygen atoms in total. The minimum Gasteiger partial charge on any atom is -0.449 e. The minimum atomic E-state index is -3.38. The van der Waals surface area contributed by atoms with Crippen LogP contribution in [0.2, 0.25) is 5.02 Å². The molecule has 47 heavy (non-hydrogen) atoms. The number of carbonyl (C=O) groups excluding carboxylic acids is 3. The fourth-order valence-electron chi connectivity index (χ4n) is 4.16. The predicted octanol–water partition coefficient (Wildman–Crippen LogP) is 4.87. The van der Waals surface area contributed by atoms with Gasteiger partial charge in [0.25, 0.3) is 0 Å². The first kappa shape index (κ1) is 34.9. The van der Waals surface area contributed by atoms with Gasteiger partial charge in [0.15, 0.2) is 0 Å². The number of amides is 3. The molecule has 3 N–H and O–H groups in total. The van der Waals surface area contributed by atoms with Crippen molar-refractivity contribution in [3.8, 4) is 5.69 Å². The van der Waals surface area contributed by atoms with Crippen molar-refractivity contribution in [3.63, 3.8) is 0 Å². The molecule has 0 fully saturated rings. The number of ether oxygens (including phenoxy) is 1. The molecule has 1 atom stereocenters. The zero-order valence-electron chi connectivity index (χ0n) is 25.1. The van der Waals surface area contributed by atoms with Gasteiger partial charge < -0.3 is 24.4 Å². The Morgan fingerprint density at radius 1 is 1.04 bits per heavy atom. The van der Waals surface area contributed by atoms with Gasteiger partial charge in [0, 0.05) is 43.0 Å². The molecular weight excluding hydrogens is 656 g/mol. The molecule has 0 aliphatic carbocycles. The molecule has 0 radical (unpaired) electrons. The summed E-state index contributed by atoms with van der Waals surface area (Å²) in [6.07, 6.45) is 3.08. The summed E-state index contributed by atoms with van der Waals surface area (Å²) < 4.78 is 42.8. The third-order valence-corrected chi connectivity index (χ3v) is 8.62. The van der Waals surface area contributed by atoms with Gasteiger partial charge >= 0.3 is 13.7 Å². The summed E-state index contributed by atoms with van der Waals surface area (Å²) in [5, 5.41) is 19.1. The van der Waals surface area contributed by atoms with Crippen LogP contribution in [0, 0.1) is 5.82 Å². The Hall–Kier alpha value is -4.95. The van der Waals surface area contributed by atoms with E-state index in [1.807, 2.05) is 6.07 Å². The Morgan fingerprint density at radius 2 is 1.81 bits per heavy atom. The van der Waals surface area contributed by atoms with E-state index in [1.54, 1.807) is 42.5 Å². The predicted molar refractivity (Wildman–Crippen MR) is 172 cm³/mol. The second kappa shape index (κ2) is 16.6. The number of hydrogen-bond donors (Lipinski definition) is 3. The first-order chi connectivity index (χ1) is 22.6. The van der Waals surface area contributed by atoms with Crippen molar-refractivity contribution in [2.75, 3.05) is 37.6 Å². The van der Waals surface area contributed by atoms with Crippen molar-refractivity contribution >= 4 is 54.6 Å². The third kappa shape index (κ3) is 10.3. The van der Waals surface area contributed by atoms with Crippen LogP contribution in [0.15, 0.2) is 79.1 Å². The van der Waals surface area contributed by atoms with Gasteiger partial charge in [-0.2, -0.15) is 4.68 Å². The second-order valence-electron chi connectivity index (χ2n) is 9.69. The summed E-state index contributed by atoms with van der Waals surface area (Å²) in [6, 6.07) is 16.5. The van der Waals surface area contributed by atoms with E-state index in [4.69, 9.17) is 25.4 Å². The number of benzene rings is 3. The molecule has 0 saturated carbocycles. The van der Waals surface area contributed by atoms with E-state index in [0.717, 1.165) is 11.6 Å². The number of aromatic nitrogens is 4. The molecule has 17 heteroatoms. The monoisotopic (exact) mass is 685 g/mol. The molecule has 4 aromatic rings. The quantitative estimate of drug-likeness (QED) is 0.123. The summed E-state index contributed by atoms with van der Waals surface area (Å²) >= 11 is 6.16. The normalized spacial score (nSPS) is 12.0. The van der Waals surface area contributed by atoms with Gasteiger partial charge in [0.1, 0.15) is 24.8 Å². The highest BCUT2D eigenvalue weighted by atomic mass is 35.5. The number of anilines is 2. The van der Waals surface area contributed by atoms with Crippen LogP contribution in [0.3, 0.4) is 0 Å². The maximum Gasteiger partial charge on any atom is 0.411 e. The second-order valence-corrected chi connectivity index (χ2v) is 12.5. The lowest BCUT2D eigenvalue weighted by atomic mass is 10.0. The van der Waals surface area contributed by atoms with Crippen LogP contribution in [-0.4, -0.2) is 71.1 Å². The van der Waals surface area contributed by atoms with Crippen LogP contribution in [0.25, 0.3) is 11.8 Å². The number of rotatable bonds is 14. The molecule has 4 rings (SSSR count). The van der Waals surface area contributed by atoms with Gasteiger partial charge in [-0.05, 0) is 58.5 Å². The van der Waals surface area contributed by atoms with E-state index in [1.165, 1.54) is 49.5 Å². The van der Waals surface area contributed by atoms with E-state index in [2.05, 4.69) is 31.5 Å². The Kier molecular flexibility index (Phi) is 12.3. The first-order valence-electron chi connectivity index (χ1n) is 13.9. The number of nitrogens with one attached hydrogen (secondary N) is 3. The molecule has 246 valence electrons. The van der Waals surface area contributed by atoms with E-state index >= 15 is 0 Å². The molecule has 0 saturated heterocycles. The zero-order valence-corrected chi connectivity index (χ0v) is 26.8. The van der Waals surface area contributed by atoms with Gasteiger partial charge in [0.2, 0.25) is 11.8 Å². The fourth-order valence-corrected chi connectivity index (χ4v) is 5.17. The Bertz CT molecular complexity index is 1770. The molecule has 3 aromatic carbocycles. The van der Waals surface area contributed by atoms with Crippen LogP contribution >= 0.6 is 19.2 Å². The van der Waals surface area contributed by atoms with Crippen LogP contribution in [0.1, 0.15) is 11.1 Å². The molecule has 1 heterocycles. The van der Waals surface area contributed by atoms with E-state index in [0.29, 0.717) is 16.3 Å². The lowest BCUT2D eigenvalue weighted by Gasteiger charge is -2.18. The Labute approximate surface area is 273 Å². The van der Waals surface area contributed by atoms with Crippen molar-refractivity contribution in [2.24, 2.45) is 0 Å². The van der Waals surface area contributed by atoms with Crippen molar-refractivity contribution in [2.45, 2.75) is 12.5 Å². The highest BCUT2D eigenvalue weighted by Gasteiger charge is 2.23. The van der Waals surface area contributed by atoms with Crippen molar-refractivity contribution < 1.29 is 37.1 Å². The van der Waals surface area contributed by atoms with E-state index in [9.17, 15) is 23.3 Å². The van der Waals surface area contributed by atoms with Crippen molar-refractivity contribution in [3.05, 3.63) is 101 Å². The zero-order chi connectivity index (χ0) is 33.8. The van der Waals surface area contributed by atoms with Crippen LogP contribution < -0.4 is 16.0 Å². The maximum atomic E-state index is 14.9. The van der Waals surface area contributed by atoms with Crippen molar-refractivity contribution in [1.29, 1.82) is 0 Å². The molecule has 1 unspecified atom stereocenters. The van der Waals surface area contributed by atoms with Crippen LogP contribution in [-0.2, 0) is 34.4 Å². The number of carbonyl (C=O) groups is 3. The highest BCUT2D eigenvalue weighted by molar-refractivity contribution is 7.53. The summed E-state index contributed by atoms with van der Waals surface area (Å²) in [7, 11) is -0.980. The summed E-state index contributed by atoms with van der Waals surface area (Å²) in [6.45, 7) is -0.302. The summed E-state index contributed by atoms with van der Waals surface area (Å²) in [5.74, 6) is -2.07. The SMILES string of the molecule is COP(=O)(CCOC(=O)Nc1ccc(NC(=O)C(Cc2ccccc2)NC(=O)C=Cc2cc(Cl)ccc2-n2cnnn2)cc1F)OC. The average Bonchev–Trinajstić information content (AvgIpc) is 3.60. The molecule has 0 aliphatic rings. The maximum absolute atomic E-state index is 14.9. The number of nitrogens with zero attached hydrogens (tertiary/aromatic N) is 4. The van der Waals surface area contributed by atoms with Gasteiger partial charge in [-0.15, -0.1) is 5.10 Å². The van der Waals surface area contributed by atoms with E-state index in [-0.39, 0.29) is 30.6 Å². The molecule has 0 aliphatic heterocycles. The topological polar surface area (TPSA) is 176 Å². The lowest BCUT2D eigenvalue weighted by molar-refractivity contribution is -0.123. The Balaban J connectivity index is 1.43. The number of tetrazole rings is 1. The molecular formula is C30H30ClFN7O7P. The van der Waals surface area contributed by atoms with Gasteiger partial charge in [-0.1, -0.05) is 41.9 Å². The van der Waals surface area contributed by atoms with Crippen molar-refractivity contribution in [1.82, 2.24) is 25.5 Å². The molecule has 0 spiro atoms. The molecule has 1 aromatic heterocycles. The lowest BCUT2D eigenvalue weighted by Crippen LogP contribution is -2.44. The number of halogens is 2. The number of hydrogen-bond acceptors (Lipinski definition) is 10. The first-order valence-corrected chi connectivity index (χ1v) is 16.0. The Morgan fingerprint density at radius 3 is 2.49 bits per heavy atom. The standard InChI is InChI=1S/C30H30ClFN7O7P/c1-44-47(43,45-2)15-14-46-30(42)36-25-11-10-23(18-24(25)32)34-29(41)26(16-20-6-4-3-5-7-20)35-28(40)13-8-21-17-22(31)9-12-27(21)39-19-33-37-38-39/h3-13,17-19,26H,14-16H2,1-2H3,(H,34,41)(H,35,40)(H,36,42). The molecule has 0 bridgehead atoms. The van der Waals surface area contributed by atoms with Crippen LogP contribution in [0.5, 0.6) is 0 Å². The largest absolute Gasteiger partial charge is 0.449 e. The molecule has 3 amide bonds. The minimum absolute atomic E-state index is 0.0698.